The molecule has 31 heavy (non-hydrogen) atoms. The van der Waals surface area contributed by atoms with E-state index in [0.29, 0.717) is 35.1 Å². The molecular weight excluding hydrogens is 408 g/mol. The summed E-state index contributed by atoms with van der Waals surface area (Å²) in [4.78, 5) is 13.6. The van der Waals surface area contributed by atoms with Gasteiger partial charge in [-0.05, 0) is 93.8 Å². The number of rotatable bonds is 3. The Morgan fingerprint density at radius 1 is 1.19 bits per heavy atom. The average Bonchev–Trinajstić information content (AvgIpc) is 3.03. The lowest BCUT2D eigenvalue weighted by molar-refractivity contribution is -0.133. The van der Waals surface area contributed by atoms with Crippen molar-refractivity contribution in [2.45, 2.75) is 77.9 Å². The first kappa shape index (κ1) is 20.5. The minimum absolute atomic E-state index is 0.0660. The Bertz CT molecular complexity index is 964. The Balaban J connectivity index is 1.27. The quantitative estimate of drug-likeness (QED) is 0.647. The Kier molecular flexibility index (Phi) is 4.42. The van der Waals surface area contributed by atoms with E-state index in [1.54, 1.807) is 17.1 Å². The second-order valence-corrected chi connectivity index (χ2v) is 12.4. The topological polar surface area (TPSA) is 55.1 Å². The number of Topliss-reactive ketones (excluding diaryl/α,β-unsaturated/α-hetero) is 1. The number of ketones is 1. The summed E-state index contributed by atoms with van der Waals surface area (Å²) >= 11 is 6.03. The minimum Gasteiger partial charge on any atom is -0.390 e. The van der Waals surface area contributed by atoms with Crippen molar-refractivity contribution in [3.05, 3.63) is 28.6 Å². The highest BCUT2D eigenvalue weighted by molar-refractivity contribution is 6.30. The lowest BCUT2D eigenvalue weighted by Crippen LogP contribution is -2.52. The van der Waals surface area contributed by atoms with Crippen molar-refractivity contribution in [2.75, 3.05) is 0 Å². The van der Waals surface area contributed by atoms with Gasteiger partial charge in [0.05, 0.1) is 16.8 Å². The highest BCUT2D eigenvalue weighted by Gasteiger charge is 2.68. The zero-order chi connectivity index (χ0) is 21.7. The molecule has 0 unspecified atom stereocenters. The van der Waals surface area contributed by atoms with Crippen LogP contribution in [0.3, 0.4) is 0 Å². The van der Waals surface area contributed by atoms with Crippen molar-refractivity contribution in [2.24, 2.45) is 46.8 Å². The Hall–Kier alpha value is -1.13. The monoisotopic (exact) mass is 442 g/mol. The number of fused-ring (bicyclic) bond motifs is 7. The van der Waals surface area contributed by atoms with Gasteiger partial charge < -0.3 is 5.11 Å². The lowest BCUT2D eigenvalue weighted by atomic mass is 9.48. The van der Waals surface area contributed by atoms with Crippen molar-refractivity contribution >= 4 is 17.4 Å². The molecule has 168 valence electrons. The third-order valence-electron chi connectivity index (χ3n) is 10.3. The number of carbonyl (C=O) groups is 1. The summed E-state index contributed by atoms with van der Waals surface area (Å²) in [5.74, 6) is 4.63. The van der Waals surface area contributed by atoms with Gasteiger partial charge in [0.15, 0.2) is 5.78 Å². The van der Waals surface area contributed by atoms with E-state index < -0.39 is 5.60 Å². The number of aliphatic hydroxyl groups is 1. The smallest absolute Gasteiger partial charge is 0.161 e. The van der Waals surface area contributed by atoms with Crippen molar-refractivity contribution in [3.8, 4) is 0 Å². The fourth-order valence-corrected chi connectivity index (χ4v) is 9.30. The van der Waals surface area contributed by atoms with Gasteiger partial charge in [-0.25, -0.2) is 0 Å². The first-order chi connectivity index (χ1) is 14.7. The number of halogens is 1. The minimum atomic E-state index is -0.459. The summed E-state index contributed by atoms with van der Waals surface area (Å²) in [6.07, 6.45) is 11.5. The molecule has 4 nitrogen and oxygen atoms in total. The van der Waals surface area contributed by atoms with E-state index >= 15 is 0 Å². The fraction of sp³-hybridized carbons (Fsp3) is 0.769. The second-order valence-electron chi connectivity index (χ2n) is 12.0. The predicted molar refractivity (Wildman–Crippen MR) is 120 cm³/mol. The van der Waals surface area contributed by atoms with Gasteiger partial charge in [0.2, 0.25) is 0 Å². The summed E-state index contributed by atoms with van der Waals surface area (Å²) in [6.45, 7) is 7.07. The second kappa shape index (κ2) is 6.70. The fourth-order valence-electron chi connectivity index (χ4n) is 9.14. The maximum atomic E-state index is 13.6. The summed E-state index contributed by atoms with van der Waals surface area (Å²) < 4.78 is 1.71. The molecule has 0 saturated heterocycles. The number of hydrogen-bond donors (Lipinski definition) is 1. The van der Waals surface area contributed by atoms with Crippen LogP contribution in [0.2, 0.25) is 5.02 Å². The van der Waals surface area contributed by atoms with Crippen LogP contribution < -0.4 is 0 Å². The van der Waals surface area contributed by atoms with Crippen LogP contribution in [-0.4, -0.2) is 26.3 Å². The number of carbonyl (C=O) groups excluding carboxylic acids is 1. The normalized spacial score (nSPS) is 48.0. The highest BCUT2D eigenvalue weighted by atomic mass is 35.5. The molecule has 0 aliphatic heterocycles. The summed E-state index contributed by atoms with van der Waals surface area (Å²) in [6, 6.07) is 0. The Morgan fingerprint density at radius 2 is 1.97 bits per heavy atom. The van der Waals surface area contributed by atoms with E-state index in [2.05, 4.69) is 18.9 Å². The zero-order valence-electron chi connectivity index (χ0n) is 19.0. The predicted octanol–water partition coefficient (Wildman–Crippen LogP) is 5.29. The SMILES string of the molecule is CC1=C2[C@@H]1[C@H]1[C@@H]3CC[C@@H]4C[C@](C)(O)CC[C@@H]4[C@H]3CC[C@]1(C)[C@H]2C(=O)Cn1cc(Cl)cn1. The summed E-state index contributed by atoms with van der Waals surface area (Å²) in [5, 5.41) is 15.5. The number of aromatic nitrogens is 2. The lowest BCUT2D eigenvalue weighted by Gasteiger charge is -2.57. The van der Waals surface area contributed by atoms with E-state index in [1.807, 2.05) is 6.92 Å². The number of hydrogen-bond acceptors (Lipinski definition) is 3. The van der Waals surface area contributed by atoms with E-state index in [1.165, 1.54) is 43.3 Å². The van der Waals surface area contributed by atoms with Crippen molar-refractivity contribution < 1.29 is 9.90 Å². The highest BCUT2D eigenvalue weighted by Crippen LogP contribution is 2.74. The molecule has 1 N–H and O–H groups in total. The maximum Gasteiger partial charge on any atom is 0.161 e. The molecule has 1 aromatic heterocycles. The zero-order valence-corrected chi connectivity index (χ0v) is 19.7. The van der Waals surface area contributed by atoms with Crippen LogP contribution in [0, 0.1) is 46.8 Å². The molecule has 1 aromatic rings. The standard InChI is InChI=1S/C26H35ClN2O2/c1-14-21-22(14)24(20(30)13-29-12-16(27)11-28-29)26(3)9-7-18-17-6-8-25(2,31)10-15(17)4-5-19(18)23(21)26/h11-12,15,17-19,21,23-24,31H,4-10,13H2,1-3H3/t15-,17+,18-,19-,21-,23-,24+,25-,26+/m1/s1. The van der Waals surface area contributed by atoms with Gasteiger partial charge in [0, 0.05) is 18.0 Å². The van der Waals surface area contributed by atoms with Crippen LogP contribution >= 0.6 is 11.6 Å². The van der Waals surface area contributed by atoms with Gasteiger partial charge in [0.1, 0.15) is 6.54 Å². The van der Waals surface area contributed by atoms with Gasteiger partial charge in [-0.15, -0.1) is 0 Å². The van der Waals surface area contributed by atoms with Crippen LogP contribution in [0.1, 0.15) is 65.7 Å². The Labute approximate surface area is 190 Å². The van der Waals surface area contributed by atoms with Crippen LogP contribution in [0.15, 0.2) is 23.5 Å². The molecule has 4 saturated carbocycles. The van der Waals surface area contributed by atoms with E-state index in [4.69, 9.17) is 11.6 Å². The van der Waals surface area contributed by atoms with Gasteiger partial charge in [0.25, 0.3) is 0 Å². The maximum absolute atomic E-state index is 13.6. The molecule has 5 aliphatic carbocycles. The van der Waals surface area contributed by atoms with Crippen LogP contribution in [-0.2, 0) is 11.3 Å². The van der Waals surface area contributed by atoms with Crippen LogP contribution in [0.25, 0.3) is 0 Å². The van der Waals surface area contributed by atoms with Gasteiger partial charge >= 0.3 is 0 Å². The molecule has 0 spiro atoms. The molecule has 5 aliphatic rings. The molecule has 9 atom stereocenters. The van der Waals surface area contributed by atoms with Crippen molar-refractivity contribution in [1.29, 1.82) is 0 Å². The molecule has 0 amide bonds. The molecular formula is C26H35ClN2O2. The first-order valence-electron chi connectivity index (χ1n) is 12.3. The molecule has 0 aromatic carbocycles. The summed E-state index contributed by atoms with van der Waals surface area (Å²) in [5.41, 5.74) is 2.62. The van der Waals surface area contributed by atoms with Crippen molar-refractivity contribution in [3.63, 3.8) is 0 Å². The number of nitrogens with zero attached hydrogens (tertiary/aromatic N) is 2. The van der Waals surface area contributed by atoms with Crippen molar-refractivity contribution in [1.82, 2.24) is 9.78 Å². The molecule has 0 bridgehead atoms. The third-order valence-corrected chi connectivity index (χ3v) is 10.5. The van der Waals surface area contributed by atoms with E-state index in [9.17, 15) is 9.90 Å². The Morgan fingerprint density at radius 3 is 2.71 bits per heavy atom. The largest absolute Gasteiger partial charge is 0.390 e. The summed E-state index contributed by atoms with van der Waals surface area (Å²) in [7, 11) is 0. The molecule has 6 rings (SSSR count). The van der Waals surface area contributed by atoms with Crippen LogP contribution in [0.5, 0.6) is 0 Å². The van der Waals surface area contributed by atoms with E-state index in [-0.39, 0.29) is 11.3 Å². The third kappa shape index (κ3) is 2.96. The first-order valence-corrected chi connectivity index (χ1v) is 12.7. The molecule has 4 fully saturated rings. The van der Waals surface area contributed by atoms with Gasteiger partial charge in [-0.3, -0.25) is 9.48 Å². The average molecular weight is 443 g/mol. The van der Waals surface area contributed by atoms with Gasteiger partial charge in [-0.1, -0.05) is 29.7 Å². The molecule has 0 radical (unpaired) electrons. The molecule has 1 heterocycles. The van der Waals surface area contributed by atoms with E-state index in [0.717, 1.165) is 30.6 Å². The van der Waals surface area contributed by atoms with Crippen LogP contribution in [0.4, 0.5) is 0 Å². The molecule has 5 heteroatoms. The number of allylic oxidation sites excluding steroid dienone is 2. The van der Waals surface area contributed by atoms with Gasteiger partial charge in [-0.2, -0.15) is 5.10 Å².